The second-order valence-corrected chi connectivity index (χ2v) is 4.97. The highest BCUT2D eigenvalue weighted by atomic mass is 32.1. The molecule has 0 spiro atoms. The number of halogens is 1. The van der Waals surface area contributed by atoms with Gasteiger partial charge in [-0.2, -0.15) is 0 Å². The number of amides is 1. The molecule has 2 aromatic carbocycles. The number of benzene rings is 2. The van der Waals surface area contributed by atoms with Crippen molar-refractivity contribution in [3.8, 4) is 5.75 Å². The molecule has 0 bridgehead atoms. The Hall–Kier alpha value is -2.47. The van der Waals surface area contributed by atoms with Gasteiger partial charge in [0.05, 0.1) is 5.56 Å². The predicted molar refractivity (Wildman–Crippen MR) is 83.1 cm³/mol. The molecule has 0 aliphatic heterocycles. The van der Waals surface area contributed by atoms with Gasteiger partial charge in [-0.1, -0.05) is 23.8 Å². The summed E-state index contributed by atoms with van der Waals surface area (Å²) in [7, 11) is 0. The Kier molecular flexibility index (Phi) is 4.18. The van der Waals surface area contributed by atoms with Crippen molar-refractivity contribution in [2.75, 3.05) is 5.32 Å². The first-order valence-corrected chi connectivity index (χ1v) is 6.49. The van der Waals surface area contributed by atoms with Gasteiger partial charge in [0, 0.05) is 11.3 Å². The van der Waals surface area contributed by atoms with Crippen LogP contribution in [0.3, 0.4) is 0 Å². The fourth-order valence-corrected chi connectivity index (χ4v) is 1.98. The van der Waals surface area contributed by atoms with E-state index in [9.17, 15) is 14.3 Å². The third-order valence-corrected chi connectivity index (χ3v) is 3.11. The first kappa shape index (κ1) is 14.9. The van der Waals surface area contributed by atoms with E-state index < -0.39 is 11.7 Å². The summed E-state index contributed by atoms with van der Waals surface area (Å²) in [6, 6.07) is 8.59. The van der Waals surface area contributed by atoms with E-state index in [4.69, 9.17) is 18.0 Å². The fourth-order valence-electron chi connectivity index (χ4n) is 1.82. The van der Waals surface area contributed by atoms with Crippen LogP contribution in [0.1, 0.15) is 21.5 Å². The molecule has 1 amide bonds. The van der Waals surface area contributed by atoms with Crippen LogP contribution in [-0.2, 0) is 0 Å². The van der Waals surface area contributed by atoms with Crippen LogP contribution < -0.4 is 11.1 Å². The molecule has 4 nitrogen and oxygen atoms in total. The van der Waals surface area contributed by atoms with E-state index in [1.165, 1.54) is 24.3 Å². The normalized spacial score (nSPS) is 10.2. The molecule has 0 atom stereocenters. The molecule has 0 radical (unpaired) electrons. The van der Waals surface area contributed by atoms with Crippen LogP contribution in [0, 0.1) is 12.7 Å². The van der Waals surface area contributed by atoms with E-state index in [1.807, 2.05) is 0 Å². The Morgan fingerprint density at radius 2 is 1.95 bits per heavy atom. The molecule has 2 aromatic rings. The SMILES string of the molecule is Cc1ccc(O)c(C(=O)Nc2ccc(F)c(C(N)=S)c2)c1. The molecule has 2 rings (SSSR count). The van der Waals surface area contributed by atoms with E-state index in [-0.39, 0.29) is 21.9 Å². The molecule has 0 saturated heterocycles. The Morgan fingerprint density at radius 3 is 2.62 bits per heavy atom. The van der Waals surface area contributed by atoms with Crippen molar-refractivity contribution in [2.45, 2.75) is 6.92 Å². The zero-order valence-corrected chi connectivity index (χ0v) is 12.0. The minimum atomic E-state index is -0.557. The maximum atomic E-state index is 13.5. The maximum Gasteiger partial charge on any atom is 0.259 e. The number of carbonyl (C=O) groups excluding carboxylic acids is 1. The summed E-state index contributed by atoms with van der Waals surface area (Å²) in [6.07, 6.45) is 0. The zero-order chi connectivity index (χ0) is 15.6. The van der Waals surface area contributed by atoms with E-state index in [0.717, 1.165) is 5.56 Å². The number of carbonyl (C=O) groups is 1. The van der Waals surface area contributed by atoms with Crippen molar-refractivity contribution >= 4 is 28.8 Å². The Bertz CT molecular complexity index is 732. The van der Waals surface area contributed by atoms with Gasteiger partial charge in [-0.05, 0) is 37.3 Å². The summed E-state index contributed by atoms with van der Waals surface area (Å²) >= 11 is 4.74. The van der Waals surface area contributed by atoms with Crippen molar-refractivity contribution in [3.63, 3.8) is 0 Å². The monoisotopic (exact) mass is 304 g/mol. The van der Waals surface area contributed by atoms with Crippen molar-refractivity contribution in [1.29, 1.82) is 0 Å². The number of hydrogen-bond acceptors (Lipinski definition) is 3. The molecule has 6 heteroatoms. The molecule has 0 unspecified atom stereocenters. The van der Waals surface area contributed by atoms with Gasteiger partial charge in [-0.25, -0.2) is 4.39 Å². The maximum absolute atomic E-state index is 13.5. The molecule has 0 aliphatic carbocycles. The number of thiocarbonyl (C=S) groups is 1. The van der Waals surface area contributed by atoms with Gasteiger partial charge in [0.25, 0.3) is 5.91 Å². The lowest BCUT2D eigenvalue weighted by atomic mass is 10.1. The molecule has 0 saturated carbocycles. The summed E-state index contributed by atoms with van der Waals surface area (Å²) in [5, 5.41) is 12.3. The van der Waals surface area contributed by atoms with E-state index in [0.29, 0.717) is 5.69 Å². The molecule has 4 N–H and O–H groups in total. The Labute approximate surface area is 126 Å². The Balaban J connectivity index is 2.29. The molecular weight excluding hydrogens is 291 g/mol. The highest BCUT2D eigenvalue weighted by molar-refractivity contribution is 7.80. The predicted octanol–water partition coefficient (Wildman–Crippen LogP) is 2.73. The summed E-state index contributed by atoms with van der Waals surface area (Å²) in [4.78, 5) is 12.0. The van der Waals surface area contributed by atoms with Crippen molar-refractivity contribution < 1.29 is 14.3 Å². The highest BCUT2D eigenvalue weighted by Crippen LogP contribution is 2.21. The van der Waals surface area contributed by atoms with Crippen molar-refractivity contribution in [2.24, 2.45) is 5.73 Å². The first-order chi connectivity index (χ1) is 9.88. The van der Waals surface area contributed by atoms with E-state index >= 15 is 0 Å². The number of phenols is 1. The number of nitrogens with one attached hydrogen (secondary N) is 1. The van der Waals surface area contributed by atoms with Gasteiger partial charge < -0.3 is 16.2 Å². The summed E-state index contributed by atoms with van der Waals surface area (Å²) in [5.41, 5.74) is 6.77. The van der Waals surface area contributed by atoms with Gasteiger partial charge >= 0.3 is 0 Å². The minimum absolute atomic E-state index is 0.0521. The smallest absolute Gasteiger partial charge is 0.259 e. The Morgan fingerprint density at radius 1 is 1.24 bits per heavy atom. The van der Waals surface area contributed by atoms with E-state index in [2.05, 4.69) is 5.32 Å². The van der Waals surface area contributed by atoms with Crippen LogP contribution in [-0.4, -0.2) is 16.0 Å². The zero-order valence-electron chi connectivity index (χ0n) is 11.2. The number of rotatable bonds is 3. The van der Waals surface area contributed by atoms with Crippen LogP contribution in [0.25, 0.3) is 0 Å². The van der Waals surface area contributed by atoms with Gasteiger partial charge in [0.2, 0.25) is 0 Å². The third kappa shape index (κ3) is 3.35. The average Bonchev–Trinajstić information content (AvgIpc) is 2.43. The number of nitrogens with two attached hydrogens (primary N) is 1. The van der Waals surface area contributed by atoms with E-state index in [1.54, 1.807) is 19.1 Å². The van der Waals surface area contributed by atoms with Gasteiger partial charge in [0.1, 0.15) is 16.6 Å². The molecule has 0 heterocycles. The highest BCUT2D eigenvalue weighted by Gasteiger charge is 2.13. The number of aromatic hydroxyl groups is 1. The first-order valence-electron chi connectivity index (χ1n) is 6.09. The fraction of sp³-hybridized carbons (Fsp3) is 0.0667. The summed E-state index contributed by atoms with van der Waals surface area (Å²) in [5.74, 6) is -1.19. The lowest BCUT2D eigenvalue weighted by Gasteiger charge is -2.09. The van der Waals surface area contributed by atoms with Crippen LogP contribution in [0.2, 0.25) is 0 Å². The number of anilines is 1. The number of aryl methyl sites for hydroxylation is 1. The van der Waals surface area contributed by atoms with Crippen LogP contribution >= 0.6 is 12.2 Å². The third-order valence-electron chi connectivity index (χ3n) is 2.89. The van der Waals surface area contributed by atoms with Crippen LogP contribution in [0.5, 0.6) is 5.75 Å². The number of hydrogen-bond donors (Lipinski definition) is 3. The summed E-state index contributed by atoms with van der Waals surface area (Å²) < 4.78 is 13.5. The minimum Gasteiger partial charge on any atom is -0.507 e. The quantitative estimate of drug-likeness (QED) is 0.762. The summed E-state index contributed by atoms with van der Waals surface area (Å²) in [6.45, 7) is 1.80. The van der Waals surface area contributed by atoms with Crippen LogP contribution in [0.4, 0.5) is 10.1 Å². The largest absolute Gasteiger partial charge is 0.507 e. The lowest BCUT2D eigenvalue weighted by molar-refractivity contribution is 0.102. The molecular formula is C15H13FN2O2S. The van der Waals surface area contributed by atoms with Gasteiger partial charge in [0.15, 0.2) is 0 Å². The van der Waals surface area contributed by atoms with Gasteiger partial charge in [-0.15, -0.1) is 0 Å². The van der Waals surface area contributed by atoms with Crippen molar-refractivity contribution in [1.82, 2.24) is 0 Å². The lowest BCUT2D eigenvalue weighted by Crippen LogP contribution is -2.15. The standard InChI is InChI=1S/C15H13FN2O2S/c1-8-2-5-13(19)11(6-8)15(20)18-9-3-4-12(16)10(7-9)14(17)21/h2-7,19H,1H3,(H2,17,21)(H,18,20). The van der Waals surface area contributed by atoms with Crippen LogP contribution in [0.15, 0.2) is 36.4 Å². The molecule has 21 heavy (non-hydrogen) atoms. The topological polar surface area (TPSA) is 75.3 Å². The molecule has 108 valence electrons. The second-order valence-electron chi connectivity index (χ2n) is 4.53. The second kappa shape index (κ2) is 5.88. The van der Waals surface area contributed by atoms with Gasteiger partial charge in [-0.3, -0.25) is 4.79 Å². The average molecular weight is 304 g/mol. The van der Waals surface area contributed by atoms with Crippen molar-refractivity contribution in [3.05, 3.63) is 58.9 Å². The molecule has 0 fully saturated rings. The number of phenolic OH excluding ortho intramolecular Hbond substituents is 1. The molecule has 0 aromatic heterocycles. The molecule has 0 aliphatic rings.